The third-order valence-electron chi connectivity index (χ3n) is 1.83. The van der Waals surface area contributed by atoms with E-state index in [0.29, 0.717) is 0 Å². The summed E-state index contributed by atoms with van der Waals surface area (Å²) in [6.07, 6.45) is 0. The first-order valence-electron chi connectivity index (χ1n) is 4.65. The van der Waals surface area contributed by atoms with Crippen molar-refractivity contribution in [1.82, 2.24) is 4.13 Å². The number of hydrogen-bond donors (Lipinski definition) is 1. The third kappa shape index (κ3) is 4.09. The van der Waals surface area contributed by atoms with Gasteiger partial charge in [-0.05, 0) is 12.1 Å². The Morgan fingerprint density at radius 3 is 2.22 bits per heavy atom. The van der Waals surface area contributed by atoms with Gasteiger partial charge in [-0.2, -0.15) is 0 Å². The number of carbonyl (C=O) groups is 1. The van der Waals surface area contributed by atoms with E-state index in [1.165, 1.54) is 28.4 Å². The highest BCUT2D eigenvalue weighted by Crippen LogP contribution is 2.08. The number of methoxy groups -OCH3 is 1. The Hall–Kier alpha value is -1.45. The number of ether oxygens (including phenoxy) is 1. The topological polar surface area (TPSA) is 107 Å². The Balaban J connectivity index is 2.94. The summed E-state index contributed by atoms with van der Waals surface area (Å²) in [6, 6.07) is 6.94. The van der Waals surface area contributed by atoms with Gasteiger partial charge in [0.05, 0.1) is 12.0 Å². The van der Waals surface area contributed by atoms with Gasteiger partial charge < -0.3 is 4.74 Å². The molecule has 0 amide bonds. The molecular weight excluding hydrogens is 282 g/mol. The number of sulfonamides is 2. The van der Waals surface area contributed by atoms with Crippen molar-refractivity contribution in [2.75, 3.05) is 12.9 Å². The summed E-state index contributed by atoms with van der Waals surface area (Å²) in [5.41, 5.74) is 0. The summed E-state index contributed by atoms with van der Waals surface area (Å²) < 4.78 is 51.8. The van der Waals surface area contributed by atoms with Gasteiger partial charge in [-0.15, -0.1) is 4.13 Å². The predicted octanol–water partition coefficient (Wildman–Crippen LogP) is -0.532. The van der Waals surface area contributed by atoms with E-state index < -0.39 is 31.8 Å². The molecule has 18 heavy (non-hydrogen) atoms. The van der Waals surface area contributed by atoms with Crippen molar-refractivity contribution in [1.29, 1.82) is 0 Å². The van der Waals surface area contributed by atoms with Crippen LogP contribution in [0.5, 0.6) is 0 Å². The lowest BCUT2D eigenvalue weighted by atomic mass is 10.4. The summed E-state index contributed by atoms with van der Waals surface area (Å²) in [7, 11) is -7.53. The van der Waals surface area contributed by atoms with Crippen LogP contribution < -0.4 is 4.13 Å². The second kappa shape index (κ2) is 5.46. The number of rotatable bonds is 5. The number of benzene rings is 1. The van der Waals surface area contributed by atoms with Gasteiger partial charge in [-0.25, -0.2) is 16.8 Å². The van der Waals surface area contributed by atoms with Crippen molar-refractivity contribution in [3.8, 4) is 0 Å². The van der Waals surface area contributed by atoms with Crippen LogP contribution in [-0.4, -0.2) is 35.7 Å². The molecular formula is C9H11NO6S2. The van der Waals surface area contributed by atoms with E-state index >= 15 is 0 Å². The smallest absolute Gasteiger partial charge is 0.322 e. The molecule has 1 aromatic rings. The highest BCUT2D eigenvalue weighted by Gasteiger charge is 2.25. The standard InChI is InChI=1S/C9H11NO6S2/c1-16-9(11)7-17(12,13)10-18(14,15)8-5-3-2-4-6-8/h2-6,10H,7H2,1H3. The molecule has 0 aromatic heterocycles. The van der Waals surface area contributed by atoms with Crippen LogP contribution in [0.2, 0.25) is 0 Å². The van der Waals surface area contributed by atoms with E-state index in [4.69, 9.17) is 0 Å². The first-order chi connectivity index (χ1) is 8.27. The minimum absolute atomic E-state index is 0.210. The number of hydrogen-bond acceptors (Lipinski definition) is 6. The molecule has 1 N–H and O–H groups in total. The van der Waals surface area contributed by atoms with Gasteiger partial charge in [0, 0.05) is 0 Å². The Bertz CT molecular complexity index is 620. The molecule has 0 aliphatic carbocycles. The van der Waals surface area contributed by atoms with Crippen molar-refractivity contribution in [2.45, 2.75) is 4.90 Å². The molecule has 0 radical (unpaired) electrons. The SMILES string of the molecule is COC(=O)CS(=O)(=O)NS(=O)(=O)c1ccccc1. The lowest BCUT2D eigenvalue weighted by Gasteiger charge is -2.06. The second-order valence-electron chi connectivity index (χ2n) is 3.24. The quantitative estimate of drug-likeness (QED) is 0.731. The Morgan fingerprint density at radius 1 is 1.17 bits per heavy atom. The molecule has 0 aliphatic heterocycles. The van der Waals surface area contributed by atoms with Crippen LogP contribution in [0.4, 0.5) is 0 Å². The lowest BCUT2D eigenvalue weighted by molar-refractivity contribution is -0.137. The Morgan fingerprint density at radius 2 is 1.72 bits per heavy atom. The molecule has 7 nitrogen and oxygen atoms in total. The lowest BCUT2D eigenvalue weighted by Crippen LogP contribution is -2.35. The van der Waals surface area contributed by atoms with Crippen LogP contribution in [0.3, 0.4) is 0 Å². The molecule has 0 spiro atoms. The summed E-state index contributed by atoms with van der Waals surface area (Å²) in [5, 5.41) is 0. The summed E-state index contributed by atoms with van der Waals surface area (Å²) in [6.45, 7) is 0. The zero-order valence-corrected chi connectivity index (χ0v) is 11.0. The van der Waals surface area contributed by atoms with Gasteiger partial charge in [-0.3, -0.25) is 4.79 Å². The predicted molar refractivity (Wildman–Crippen MR) is 62.6 cm³/mol. The molecule has 9 heteroatoms. The van der Waals surface area contributed by atoms with Crippen LogP contribution in [-0.2, 0) is 29.6 Å². The van der Waals surface area contributed by atoms with Gasteiger partial charge in [0.25, 0.3) is 10.0 Å². The second-order valence-corrected chi connectivity index (χ2v) is 6.90. The van der Waals surface area contributed by atoms with Crippen molar-refractivity contribution >= 4 is 26.0 Å². The molecule has 0 atom stereocenters. The normalized spacial score (nSPS) is 12.1. The summed E-state index contributed by atoms with van der Waals surface area (Å²) in [4.78, 5) is 10.6. The van der Waals surface area contributed by atoms with E-state index in [0.717, 1.165) is 7.11 Å². The van der Waals surface area contributed by atoms with Crippen LogP contribution in [0.25, 0.3) is 0 Å². The van der Waals surface area contributed by atoms with Gasteiger partial charge in [-0.1, -0.05) is 18.2 Å². The fourth-order valence-corrected chi connectivity index (χ4v) is 3.96. The molecule has 0 fully saturated rings. The molecule has 0 saturated heterocycles. The van der Waals surface area contributed by atoms with Crippen LogP contribution in [0, 0.1) is 0 Å². The molecule has 100 valence electrons. The minimum atomic E-state index is -4.31. The molecule has 0 bridgehead atoms. The number of esters is 1. The first-order valence-corrected chi connectivity index (χ1v) is 7.78. The van der Waals surface area contributed by atoms with Crippen molar-refractivity contribution < 1.29 is 26.4 Å². The molecule has 0 unspecified atom stereocenters. The monoisotopic (exact) mass is 293 g/mol. The van der Waals surface area contributed by atoms with E-state index in [-0.39, 0.29) is 4.90 Å². The third-order valence-corrected chi connectivity index (χ3v) is 5.23. The molecule has 0 heterocycles. The maximum Gasteiger partial charge on any atom is 0.322 e. The number of carbonyl (C=O) groups excluding carboxylic acids is 1. The van der Waals surface area contributed by atoms with Crippen molar-refractivity contribution in [3.05, 3.63) is 30.3 Å². The first kappa shape index (κ1) is 14.6. The van der Waals surface area contributed by atoms with Crippen molar-refractivity contribution in [3.63, 3.8) is 0 Å². The fraction of sp³-hybridized carbons (Fsp3) is 0.222. The maximum atomic E-state index is 11.7. The summed E-state index contributed by atoms with van der Waals surface area (Å²) in [5.74, 6) is -2.11. The van der Waals surface area contributed by atoms with Gasteiger partial charge in [0.15, 0.2) is 5.75 Å². The Labute approximate surface area is 105 Å². The maximum absolute atomic E-state index is 11.7. The van der Waals surface area contributed by atoms with Crippen molar-refractivity contribution in [2.24, 2.45) is 0 Å². The minimum Gasteiger partial charge on any atom is -0.468 e. The van der Waals surface area contributed by atoms with Gasteiger partial charge in [0.1, 0.15) is 0 Å². The van der Waals surface area contributed by atoms with E-state index in [9.17, 15) is 21.6 Å². The average molecular weight is 293 g/mol. The zero-order chi connectivity index (χ0) is 13.8. The van der Waals surface area contributed by atoms with Gasteiger partial charge in [0.2, 0.25) is 10.0 Å². The van der Waals surface area contributed by atoms with Crippen LogP contribution >= 0.6 is 0 Å². The highest BCUT2D eigenvalue weighted by atomic mass is 32.3. The fourth-order valence-electron chi connectivity index (χ4n) is 1.06. The van der Waals surface area contributed by atoms with E-state index in [1.54, 1.807) is 6.07 Å². The Kier molecular flexibility index (Phi) is 4.43. The molecule has 0 aliphatic rings. The van der Waals surface area contributed by atoms with Crippen LogP contribution in [0.1, 0.15) is 0 Å². The van der Waals surface area contributed by atoms with Crippen LogP contribution in [0.15, 0.2) is 35.2 Å². The van der Waals surface area contributed by atoms with E-state index in [2.05, 4.69) is 4.74 Å². The number of nitrogens with one attached hydrogen (secondary N) is 1. The van der Waals surface area contributed by atoms with Gasteiger partial charge >= 0.3 is 5.97 Å². The largest absolute Gasteiger partial charge is 0.468 e. The zero-order valence-electron chi connectivity index (χ0n) is 9.36. The molecule has 0 saturated carbocycles. The highest BCUT2D eigenvalue weighted by molar-refractivity contribution is 8.05. The average Bonchev–Trinajstić information content (AvgIpc) is 2.28. The summed E-state index contributed by atoms with van der Waals surface area (Å²) >= 11 is 0. The molecule has 1 rings (SSSR count). The molecule has 1 aromatic carbocycles. The van der Waals surface area contributed by atoms with E-state index in [1.807, 2.05) is 0 Å².